The van der Waals surface area contributed by atoms with Gasteiger partial charge in [0.2, 0.25) is 0 Å². The van der Waals surface area contributed by atoms with Gasteiger partial charge < -0.3 is 10.1 Å². The molecule has 1 N–H and O–H groups in total. The van der Waals surface area contributed by atoms with Crippen molar-refractivity contribution >= 4 is 0 Å². The van der Waals surface area contributed by atoms with Crippen LogP contribution in [0.25, 0.3) is 0 Å². The van der Waals surface area contributed by atoms with Crippen LogP contribution in [-0.2, 0) is 11.3 Å². The van der Waals surface area contributed by atoms with E-state index < -0.39 is 0 Å². The van der Waals surface area contributed by atoms with E-state index in [-0.39, 0.29) is 11.6 Å². The molecule has 0 amide bonds. The first kappa shape index (κ1) is 14.5. The second-order valence-electron chi connectivity index (χ2n) is 6.51. The van der Waals surface area contributed by atoms with Crippen LogP contribution in [0.3, 0.4) is 0 Å². The Hall–Kier alpha value is -0.870. The molecule has 0 saturated carbocycles. The second-order valence-corrected chi connectivity index (χ2v) is 6.51. The van der Waals surface area contributed by atoms with Crippen LogP contribution in [0.4, 0.5) is 0 Å². The molecule has 2 unspecified atom stereocenters. The van der Waals surface area contributed by atoms with Crippen LogP contribution in [0, 0.1) is 5.92 Å². The molecule has 0 radical (unpaired) electrons. The lowest BCUT2D eigenvalue weighted by molar-refractivity contribution is 0.0888. The lowest BCUT2D eigenvalue weighted by Gasteiger charge is -2.25. The van der Waals surface area contributed by atoms with E-state index in [0.717, 1.165) is 32.5 Å². The van der Waals surface area contributed by atoms with Gasteiger partial charge in [-0.05, 0) is 33.6 Å². The Morgan fingerprint density at radius 2 is 2.26 bits per heavy atom. The van der Waals surface area contributed by atoms with Gasteiger partial charge in [0.1, 0.15) is 0 Å². The first-order valence-corrected chi connectivity index (χ1v) is 7.38. The summed E-state index contributed by atoms with van der Waals surface area (Å²) in [5.41, 5.74) is 1.39. The van der Waals surface area contributed by atoms with Gasteiger partial charge >= 0.3 is 0 Å². The minimum absolute atomic E-state index is 0.166. The van der Waals surface area contributed by atoms with E-state index in [9.17, 15) is 0 Å². The van der Waals surface area contributed by atoms with Gasteiger partial charge in [0.25, 0.3) is 0 Å². The molecular formula is C15H27N3O. The minimum Gasteiger partial charge on any atom is -0.373 e. The minimum atomic E-state index is 0.166. The molecule has 1 aromatic rings. The van der Waals surface area contributed by atoms with Crippen molar-refractivity contribution in [3.05, 3.63) is 18.0 Å². The quantitative estimate of drug-likeness (QED) is 0.889. The Kier molecular flexibility index (Phi) is 4.63. The number of nitrogens with one attached hydrogen (secondary N) is 1. The van der Waals surface area contributed by atoms with Crippen LogP contribution in [-0.4, -0.2) is 28.5 Å². The van der Waals surface area contributed by atoms with Crippen molar-refractivity contribution in [3.63, 3.8) is 0 Å². The number of rotatable bonds is 5. The number of aromatic nitrogens is 2. The Morgan fingerprint density at radius 3 is 2.95 bits per heavy atom. The van der Waals surface area contributed by atoms with Crippen LogP contribution in [0.2, 0.25) is 0 Å². The third-order valence-electron chi connectivity index (χ3n) is 3.54. The molecule has 0 bridgehead atoms. The smallest absolute Gasteiger partial charge is 0.0896 e. The molecule has 4 nitrogen and oxygen atoms in total. The molecule has 1 aliphatic rings. The van der Waals surface area contributed by atoms with Gasteiger partial charge in [-0.3, -0.25) is 4.68 Å². The highest BCUT2D eigenvalue weighted by Crippen LogP contribution is 2.34. The first-order valence-electron chi connectivity index (χ1n) is 7.38. The largest absolute Gasteiger partial charge is 0.373 e. The molecule has 1 saturated heterocycles. The highest BCUT2D eigenvalue weighted by molar-refractivity contribution is 5.11. The van der Waals surface area contributed by atoms with Crippen LogP contribution < -0.4 is 5.32 Å². The maximum Gasteiger partial charge on any atom is 0.0896 e. The van der Waals surface area contributed by atoms with Crippen molar-refractivity contribution in [2.75, 3.05) is 13.2 Å². The number of nitrogens with zero attached hydrogens (tertiary/aromatic N) is 2. The Labute approximate surface area is 116 Å². The molecule has 1 aromatic heterocycles. The summed E-state index contributed by atoms with van der Waals surface area (Å²) in [7, 11) is 0. The average Bonchev–Trinajstić information content (AvgIpc) is 2.93. The number of hydrogen-bond acceptors (Lipinski definition) is 3. The molecule has 0 aliphatic carbocycles. The molecular weight excluding hydrogens is 238 g/mol. The zero-order valence-electron chi connectivity index (χ0n) is 12.6. The van der Waals surface area contributed by atoms with E-state index in [1.165, 1.54) is 5.56 Å². The number of hydrogen-bond donors (Lipinski definition) is 1. The molecule has 2 heterocycles. The van der Waals surface area contributed by atoms with E-state index in [1.54, 1.807) is 0 Å². The summed E-state index contributed by atoms with van der Waals surface area (Å²) in [5.74, 6) is 0.554. The fraction of sp³-hybridized carbons (Fsp3) is 0.800. The summed E-state index contributed by atoms with van der Waals surface area (Å²) in [6.07, 6.45) is 6.56. The standard InChI is InChI=1S/C15H27N3O/c1-5-7-18-11-13(10-17-18)14-12(6-8-19-14)9-16-15(2,3)4/h10-12,14,16H,5-9H2,1-4H3. The molecule has 1 aliphatic heterocycles. The van der Waals surface area contributed by atoms with Crippen LogP contribution in [0.5, 0.6) is 0 Å². The summed E-state index contributed by atoms with van der Waals surface area (Å²) >= 11 is 0. The fourth-order valence-electron chi connectivity index (χ4n) is 2.53. The first-order chi connectivity index (χ1) is 8.99. The van der Waals surface area contributed by atoms with Crippen molar-refractivity contribution in [2.24, 2.45) is 5.92 Å². The van der Waals surface area contributed by atoms with E-state index >= 15 is 0 Å². The van der Waals surface area contributed by atoms with Crippen molar-refractivity contribution < 1.29 is 4.74 Å². The van der Waals surface area contributed by atoms with Gasteiger partial charge in [-0.25, -0.2) is 0 Å². The summed E-state index contributed by atoms with van der Waals surface area (Å²) in [6.45, 7) is 11.6. The van der Waals surface area contributed by atoms with E-state index in [4.69, 9.17) is 4.74 Å². The molecule has 4 heteroatoms. The maximum atomic E-state index is 5.91. The van der Waals surface area contributed by atoms with Crippen molar-refractivity contribution in [1.29, 1.82) is 0 Å². The molecule has 2 rings (SSSR count). The third-order valence-corrected chi connectivity index (χ3v) is 3.54. The normalized spacial score (nSPS) is 24.0. The highest BCUT2D eigenvalue weighted by atomic mass is 16.5. The topological polar surface area (TPSA) is 39.1 Å². The third kappa shape index (κ3) is 4.05. The zero-order valence-corrected chi connectivity index (χ0v) is 12.6. The summed E-state index contributed by atoms with van der Waals surface area (Å²) in [4.78, 5) is 0. The molecule has 19 heavy (non-hydrogen) atoms. The van der Waals surface area contributed by atoms with Gasteiger partial charge in [0.15, 0.2) is 0 Å². The van der Waals surface area contributed by atoms with Crippen molar-refractivity contribution in [3.8, 4) is 0 Å². The Bertz CT molecular complexity index is 394. The van der Waals surface area contributed by atoms with Gasteiger partial charge in [-0.15, -0.1) is 0 Å². The van der Waals surface area contributed by atoms with Crippen LogP contribution in [0.15, 0.2) is 12.4 Å². The van der Waals surface area contributed by atoms with Crippen LogP contribution >= 0.6 is 0 Å². The molecule has 0 spiro atoms. The number of ether oxygens (including phenoxy) is 1. The van der Waals surface area contributed by atoms with Gasteiger partial charge in [0.05, 0.1) is 12.3 Å². The van der Waals surface area contributed by atoms with Crippen molar-refractivity contribution in [1.82, 2.24) is 15.1 Å². The average molecular weight is 265 g/mol. The zero-order chi connectivity index (χ0) is 13.9. The second kappa shape index (κ2) is 6.06. The monoisotopic (exact) mass is 265 g/mol. The van der Waals surface area contributed by atoms with Gasteiger partial charge in [-0.1, -0.05) is 6.92 Å². The van der Waals surface area contributed by atoms with E-state index in [2.05, 4.69) is 44.3 Å². The van der Waals surface area contributed by atoms with E-state index in [0.29, 0.717) is 5.92 Å². The number of aryl methyl sites for hydroxylation is 1. The maximum absolute atomic E-state index is 5.91. The summed E-state index contributed by atoms with van der Waals surface area (Å²) in [6, 6.07) is 0. The fourth-order valence-corrected chi connectivity index (χ4v) is 2.53. The Balaban J connectivity index is 1.97. The Morgan fingerprint density at radius 1 is 1.47 bits per heavy atom. The predicted octanol–water partition coefficient (Wildman–Crippen LogP) is 2.76. The van der Waals surface area contributed by atoms with Gasteiger partial charge in [0, 0.05) is 42.9 Å². The lowest BCUT2D eigenvalue weighted by atomic mass is 9.96. The van der Waals surface area contributed by atoms with Crippen molar-refractivity contribution in [2.45, 2.75) is 58.7 Å². The molecule has 108 valence electrons. The van der Waals surface area contributed by atoms with E-state index in [1.807, 2.05) is 10.9 Å². The highest BCUT2D eigenvalue weighted by Gasteiger charge is 2.31. The lowest BCUT2D eigenvalue weighted by Crippen LogP contribution is -2.39. The molecule has 0 aromatic carbocycles. The molecule has 2 atom stereocenters. The van der Waals surface area contributed by atoms with Crippen LogP contribution in [0.1, 0.15) is 52.2 Å². The SMILES string of the molecule is CCCn1cc(C2OCCC2CNC(C)(C)C)cn1. The summed E-state index contributed by atoms with van der Waals surface area (Å²) in [5, 5.41) is 8.00. The van der Waals surface area contributed by atoms with Gasteiger partial charge in [-0.2, -0.15) is 5.10 Å². The summed E-state index contributed by atoms with van der Waals surface area (Å²) < 4.78 is 7.93. The molecule has 1 fully saturated rings. The predicted molar refractivity (Wildman–Crippen MR) is 77.1 cm³/mol.